The van der Waals surface area contributed by atoms with Crippen molar-refractivity contribution in [1.29, 1.82) is 0 Å². The maximum atomic E-state index is 13.2. The van der Waals surface area contributed by atoms with Gasteiger partial charge in [-0.3, -0.25) is 4.79 Å². The number of thiophene rings is 1. The zero-order chi connectivity index (χ0) is 21.3. The summed E-state index contributed by atoms with van der Waals surface area (Å²) in [4.78, 5) is 14.0. The summed E-state index contributed by atoms with van der Waals surface area (Å²) in [7, 11) is 3.14. The highest BCUT2D eigenvalue weighted by atomic mass is 32.1. The molecule has 0 aliphatic carbocycles. The summed E-state index contributed by atoms with van der Waals surface area (Å²) in [5, 5.41) is 1.14. The van der Waals surface area contributed by atoms with E-state index < -0.39 is 5.82 Å². The number of hydrogen-bond acceptors (Lipinski definition) is 4. The molecule has 150 valence electrons. The van der Waals surface area contributed by atoms with Gasteiger partial charge in [0.1, 0.15) is 17.3 Å². The Morgan fingerprint density at radius 2 is 1.63 bits per heavy atom. The van der Waals surface area contributed by atoms with E-state index in [1.807, 2.05) is 18.2 Å². The van der Waals surface area contributed by atoms with E-state index in [4.69, 9.17) is 9.47 Å². The monoisotopic (exact) mass is 418 g/mol. The predicted octanol–water partition coefficient (Wildman–Crippen LogP) is 6.62. The van der Waals surface area contributed by atoms with Crippen LogP contribution in [-0.4, -0.2) is 20.0 Å². The molecule has 0 radical (unpaired) electrons. The smallest absolute Gasteiger partial charge is 0.193 e. The lowest BCUT2D eigenvalue weighted by Gasteiger charge is -2.15. The highest BCUT2D eigenvalue weighted by molar-refractivity contribution is 7.22. The first-order valence-corrected chi connectivity index (χ1v) is 10.1. The summed E-state index contributed by atoms with van der Waals surface area (Å²) in [6.07, 6.45) is 0. The second kappa shape index (κ2) is 8.13. The van der Waals surface area contributed by atoms with Crippen molar-refractivity contribution in [2.24, 2.45) is 0 Å². The van der Waals surface area contributed by atoms with E-state index in [1.165, 1.54) is 31.4 Å². The van der Waals surface area contributed by atoms with Crippen molar-refractivity contribution in [3.63, 3.8) is 0 Å². The second-order valence-corrected chi connectivity index (χ2v) is 7.80. The molecule has 0 aliphatic heterocycles. The fraction of sp³-hybridized carbons (Fsp3) is 0.0800. The molecular formula is C25H19FO3S. The number of rotatable bonds is 6. The molecule has 0 aliphatic rings. The molecule has 3 nitrogen and oxygen atoms in total. The number of ketones is 1. The first-order valence-electron chi connectivity index (χ1n) is 9.26. The number of allylic oxidation sites excluding steroid dienone is 1. The van der Waals surface area contributed by atoms with Crippen molar-refractivity contribution in [3.05, 3.63) is 90.3 Å². The maximum absolute atomic E-state index is 13.2. The average Bonchev–Trinajstić information content (AvgIpc) is 3.21. The van der Waals surface area contributed by atoms with Crippen LogP contribution in [0, 0.1) is 5.82 Å². The Labute approximate surface area is 178 Å². The molecule has 0 N–H and O–H groups in total. The number of benzene rings is 3. The summed E-state index contributed by atoms with van der Waals surface area (Å²) >= 11 is 1.64. The molecule has 0 unspecified atom stereocenters. The van der Waals surface area contributed by atoms with Crippen LogP contribution in [0.15, 0.2) is 73.3 Å². The van der Waals surface area contributed by atoms with E-state index >= 15 is 0 Å². The lowest BCUT2D eigenvalue weighted by molar-refractivity contribution is 0.105. The highest BCUT2D eigenvalue weighted by Gasteiger charge is 2.20. The summed E-state index contributed by atoms with van der Waals surface area (Å²) in [5.41, 5.74) is 2.05. The Morgan fingerprint density at radius 1 is 0.933 bits per heavy atom. The summed E-state index contributed by atoms with van der Waals surface area (Å²) in [5.74, 6) is 0.438. The number of hydrogen-bond donors (Lipinski definition) is 0. The molecule has 0 bridgehead atoms. The molecule has 3 aromatic carbocycles. The third kappa shape index (κ3) is 3.60. The molecule has 4 aromatic rings. The van der Waals surface area contributed by atoms with Crippen LogP contribution in [0.1, 0.15) is 15.9 Å². The Balaban J connectivity index is 1.82. The minimum atomic E-state index is -0.397. The molecule has 0 saturated carbocycles. The van der Waals surface area contributed by atoms with Gasteiger partial charge in [0, 0.05) is 37.9 Å². The number of ether oxygens (including phenoxy) is 2. The molecular weight excluding hydrogens is 399 g/mol. The molecule has 0 amide bonds. The van der Waals surface area contributed by atoms with Gasteiger partial charge in [-0.2, -0.15) is 0 Å². The first kappa shape index (κ1) is 19.9. The highest BCUT2D eigenvalue weighted by Crippen LogP contribution is 2.43. The minimum absolute atomic E-state index is 0.267. The van der Waals surface area contributed by atoms with Crippen molar-refractivity contribution in [2.45, 2.75) is 0 Å². The van der Waals surface area contributed by atoms with Crippen LogP contribution in [0.25, 0.3) is 26.1 Å². The largest absolute Gasteiger partial charge is 0.496 e. The van der Waals surface area contributed by atoms with Crippen molar-refractivity contribution >= 4 is 32.8 Å². The van der Waals surface area contributed by atoms with Crippen molar-refractivity contribution in [2.75, 3.05) is 14.2 Å². The van der Waals surface area contributed by atoms with Crippen LogP contribution in [0.4, 0.5) is 4.39 Å². The van der Waals surface area contributed by atoms with Gasteiger partial charge >= 0.3 is 0 Å². The van der Waals surface area contributed by atoms with Gasteiger partial charge in [0.25, 0.3) is 0 Å². The third-order valence-corrected chi connectivity index (χ3v) is 6.07. The quantitative estimate of drug-likeness (QED) is 0.261. The molecule has 30 heavy (non-hydrogen) atoms. The van der Waals surface area contributed by atoms with E-state index in [-0.39, 0.29) is 11.4 Å². The van der Waals surface area contributed by atoms with Crippen LogP contribution in [0.5, 0.6) is 11.5 Å². The van der Waals surface area contributed by atoms with Crippen molar-refractivity contribution in [3.8, 4) is 21.9 Å². The standard InChI is InChI=1S/C25H19FO3S/c1-15(25(27)16-8-10-18(26)11-9-16)19-13-20(22(29-3)14-21(19)28-2)24-12-17-6-4-5-7-23(17)30-24/h4-14H,1H2,2-3H3. The molecule has 1 aromatic heterocycles. The summed E-state index contributed by atoms with van der Waals surface area (Å²) in [6, 6.07) is 19.3. The van der Waals surface area contributed by atoms with E-state index in [1.54, 1.807) is 24.5 Å². The molecule has 0 atom stereocenters. The number of Topliss-reactive ketones (excluding diaryl/α,β-unsaturated/α-hetero) is 1. The topological polar surface area (TPSA) is 35.5 Å². The Bertz CT molecular complexity index is 1220. The van der Waals surface area contributed by atoms with Crippen LogP contribution in [0.2, 0.25) is 0 Å². The molecule has 0 spiro atoms. The van der Waals surface area contributed by atoms with Gasteiger partial charge in [-0.15, -0.1) is 11.3 Å². The van der Waals surface area contributed by atoms with Crippen LogP contribution in [-0.2, 0) is 0 Å². The lowest BCUT2D eigenvalue weighted by atomic mass is 9.95. The Morgan fingerprint density at radius 3 is 2.30 bits per heavy atom. The van der Waals surface area contributed by atoms with E-state index in [0.717, 1.165) is 20.5 Å². The average molecular weight is 418 g/mol. The summed E-state index contributed by atoms with van der Waals surface area (Å²) in [6.45, 7) is 4.00. The normalized spacial score (nSPS) is 10.8. The van der Waals surface area contributed by atoms with Crippen LogP contribution in [0.3, 0.4) is 0 Å². The minimum Gasteiger partial charge on any atom is -0.496 e. The number of carbonyl (C=O) groups excluding carboxylic acids is 1. The van der Waals surface area contributed by atoms with Gasteiger partial charge in [0.05, 0.1) is 14.2 Å². The van der Waals surface area contributed by atoms with Gasteiger partial charge < -0.3 is 9.47 Å². The van der Waals surface area contributed by atoms with E-state index in [2.05, 4.69) is 24.8 Å². The van der Waals surface area contributed by atoms with Gasteiger partial charge in [-0.05, 0) is 47.9 Å². The van der Waals surface area contributed by atoms with Gasteiger partial charge in [-0.1, -0.05) is 24.8 Å². The SMILES string of the molecule is C=C(C(=O)c1ccc(F)cc1)c1cc(-c2cc3ccccc3s2)c(OC)cc1OC. The molecule has 5 heteroatoms. The van der Waals surface area contributed by atoms with Gasteiger partial charge in [-0.25, -0.2) is 4.39 Å². The van der Waals surface area contributed by atoms with Gasteiger partial charge in [0.15, 0.2) is 5.78 Å². The van der Waals surface area contributed by atoms with E-state index in [0.29, 0.717) is 22.6 Å². The lowest BCUT2D eigenvalue weighted by Crippen LogP contribution is -2.04. The van der Waals surface area contributed by atoms with Gasteiger partial charge in [0.2, 0.25) is 0 Å². The predicted molar refractivity (Wildman–Crippen MR) is 120 cm³/mol. The van der Waals surface area contributed by atoms with Crippen molar-refractivity contribution < 1.29 is 18.7 Å². The molecule has 0 saturated heterocycles. The molecule has 0 fully saturated rings. The first-order chi connectivity index (χ1) is 14.5. The van der Waals surface area contributed by atoms with Crippen molar-refractivity contribution in [1.82, 2.24) is 0 Å². The third-order valence-electron chi connectivity index (χ3n) is 4.92. The van der Waals surface area contributed by atoms with E-state index in [9.17, 15) is 9.18 Å². The number of carbonyl (C=O) groups is 1. The molecule has 1 heterocycles. The number of methoxy groups -OCH3 is 2. The Hall–Kier alpha value is -3.44. The maximum Gasteiger partial charge on any atom is 0.193 e. The Kier molecular flexibility index (Phi) is 5.38. The zero-order valence-corrected chi connectivity index (χ0v) is 17.4. The summed E-state index contributed by atoms with van der Waals surface area (Å²) < 4.78 is 25.5. The fourth-order valence-electron chi connectivity index (χ4n) is 3.34. The fourth-order valence-corrected chi connectivity index (χ4v) is 4.42. The number of halogens is 1. The molecule has 4 rings (SSSR count). The number of fused-ring (bicyclic) bond motifs is 1. The zero-order valence-electron chi connectivity index (χ0n) is 16.6. The second-order valence-electron chi connectivity index (χ2n) is 6.72. The van der Waals surface area contributed by atoms with Crippen LogP contribution >= 0.6 is 11.3 Å². The van der Waals surface area contributed by atoms with Crippen LogP contribution < -0.4 is 9.47 Å².